The van der Waals surface area contributed by atoms with Crippen LogP contribution in [0, 0.1) is 47.0 Å². The molecule has 8 heteroatoms. The van der Waals surface area contributed by atoms with E-state index in [4.69, 9.17) is 0 Å². The molecule has 54 heavy (non-hydrogen) atoms. The van der Waals surface area contributed by atoms with Crippen LogP contribution in [-0.4, -0.2) is 20.3 Å². The molecular weight excluding hydrogens is 862 g/mol. The van der Waals surface area contributed by atoms with E-state index in [0.29, 0.717) is 40.0 Å². The number of benzene rings is 3. The molecule has 0 atom stereocenters. The molecule has 1 N–H and O–H groups in total. The number of nitrogens with zero attached hydrogens (tertiary/aromatic N) is 2. The van der Waals surface area contributed by atoms with Gasteiger partial charge in [0.05, 0.1) is 11.3 Å². The van der Waals surface area contributed by atoms with Crippen LogP contribution >= 0.6 is 0 Å². The molecule has 0 amide bonds. The maximum atomic E-state index is 13.6. The maximum absolute atomic E-state index is 13.6. The van der Waals surface area contributed by atoms with E-state index in [2.05, 4.69) is 104 Å². The summed E-state index contributed by atoms with van der Waals surface area (Å²) in [5.41, 5.74) is 3.62. The maximum Gasteiger partial charge on any atom is 0.417 e. The van der Waals surface area contributed by atoms with Crippen LogP contribution in [0.1, 0.15) is 87.3 Å². The number of hydrogen-bond acceptors (Lipinski definition) is 3. The molecule has 0 bridgehead atoms. The topological polar surface area (TPSA) is 54.6 Å². The van der Waals surface area contributed by atoms with Gasteiger partial charge in [-0.15, -0.1) is 17.5 Å². The van der Waals surface area contributed by atoms with E-state index in [1.807, 2.05) is 42.5 Å². The molecule has 0 saturated carbocycles. The van der Waals surface area contributed by atoms with Gasteiger partial charge in [-0.05, 0) is 70.2 Å². The fourth-order valence-corrected chi connectivity index (χ4v) is 8.22. The standard InChI is InChI=1S/C29H22F3N2.C17H32O2.Ir/c1-28(2,3)15-19-9-6-10-24-21(19)14-26-23-13-20(29(30,31)32)16-33-27(23)22-11-17-7-4-5-8-18(17)12-25(22)34(24)26;1-10(2)16(11(3)4)14(18)9-15(19)17(12(5)6)13(7)8;/h4-10,12-14,16H,15H2,1-3H3;9-13,16-18H,1-8H3;/q-1;;/b;14-9-;. The Bertz CT molecular complexity index is 2290. The number of aromatic nitrogens is 2. The third kappa shape index (κ3) is 9.03. The molecule has 6 rings (SSSR count). The van der Waals surface area contributed by atoms with Crippen LogP contribution in [-0.2, 0) is 37.5 Å². The van der Waals surface area contributed by atoms with Crippen molar-refractivity contribution >= 4 is 54.8 Å². The van der Waals surface area contributed by atoms with Gasteiger partial charge in [0.2, 0.25) is 0 Å². The number of aliphatic hydroxyl groups excluding tert-OH is 1. The summed E-state index contributed by atoms with van der Waals surface area (Å²) in [6, 6.07) is 22.9. The number of allylic oxidation sites excluding steroid dienone is 2. The normalized spacial score (nSPS) is 13.1. The van der Waals surface area contributed by atoms with Crippen molar-refractivity contribution in [2.75, 3.05) is 0 Å². The predicted molar refractivity (Wildman–Crippen MR) is 214 cm³/mol. The molecule has 0 aliphatic carbocycles. The third-order valence-electron chi connectivity index (χ3n) is 10.2. The van der Waals surface area contributed by atoms with E-state index >= 15 is 0 Å². The van der Waals surface area contributed by atoms with E-state index in [-0.39, 0.29) is 48.9 Å². The molecule has 4 nitrogen and oxygen atoms in total. The fourth-order valence-electron chi connectivity index (χ4n) is 8.22. The van der Waals surface area contributed by atoms with E-state index in [0.717, 1.165) is 45.3 Å². The number of fused-ring (bicyclic) bond motifs is 9. The molecule has 0 saturated heterocycles. The first-order valence-electron chi connectivity index (χ1n) is 18.8. The average Bonchev–Trinajstić information content (AvgIpc) is 3.43. The molecule has 3 aromatic carbocycles. The number of hydrogen-bond donors (Lipinski definition) is 1. The number of halogens is 3. The van der Waals surface area contributed by atoms with Gasteiger partial charge in [-0.2, -0.15) is 13.2 Å². The summed E-state index contributed by atoms with van der Waals surface area (Å²) in [6.45, 7) is 23.2. The largest absolute Gasteiger partial charge is 0.512 e. The van der Waals surface area contributed by atoms with E-state index in [1.54, 1.807) is 0 Å². The summed E-state index contributed by atoms with van der Waals surface area (Å²) in [6.07, 6.45) is -1.20. The molecule has 0 aliphatic heterocycles. The first-order chi connectivity index (χ1) is 24.7. The van der Waals surface area contributed by atoms with Gasteiger partial charge in [0, 0.05) is 66.2 Å². The van der Waals surface area contributed by atoms with Gasteiger partial charge in [-0.1, -0.05) is 123 Å². The number of carbonyl (C=O) groups is 1. The number of alkyl halides is 3. The Morgan fingerprint density at radius 2 is 1.41 bits per heavy atom. The van der Waals surface area contributed by atoms with Crippen LogP contribution in [0.5, 0.6) is 0 Å². The zero-order chi connectivity index (χ0) is 39.2. The number of ketones is 1. The Morgan fingerprint density at radius 3 is 1.98 bits per heavy atom. The summed E-state index contributed by atoms with van der Waals surface area (Å²) in [4.78, 5) is 16.7. The molecule has 0 unspecified atom stereocenters. The summed E-state index contributed by atoms with van der Waals surface area (Å²) in [5, 5.41) is 14.4. The van der Waals surface area contributed by atoms with Crippen LogP contribution < -0.4 is 0 Å². The first-order valence-corrected chi connectivity index (χ1v) is 18.8. The summed E-state index contributed by atoms with van der Waals surface area (Å²) in [7, 11) is 0. The minimum Gasteiger partial charge on any atom is -0.512 e. The SMILES string of the molecule is CC(C)(C)Cc1cccc2c1cc1c3cc(C(F)(F)F)cnc3c3[c-]c4ccccc4cc3n21.CC(C)C(C(=O)/C=C(\O)C(C(C)C)C(C)C)C(C)C.[Ir]. The second kappa shape index (κ2) is 16.5. The molecule has 1 radical (unpaired) electrons. The summed E-state index contributed by atoms with van der Waals surface area (Å²) >= 11 is 0. The van der Waals surface area contributed by atoms with Crippen molar-refractivity contribution in [3.8, 4) is 0 Å². The van der Waals surface area contributed by atoms with Crippen LogP contribution in [0.2, 0.25) is 0 Å². The van der Waals surface area contributed by atoms with Crippen molar-refractivity contribution in [1.82, 2.24) is 9.38 Å². The zero-order valence-corrected chi connectivity index (χ0v) is 35.7. The van der Waals surface area contributed by atoms with E-state index < -0.39 is 11.7 Å². The van der Waals surface area contributed by atoms with Crippen molar-refractivity contribution in [3.05, 3.63) is 95.9 Å². The van der Waals surface area contributed by atoms with E-state index in [1.165, 1.54) is 17.7 Å². The quantitative estimate of drug-likeness (QED) is 0.0544. The number of aliphatic hydroxyl groups is 1. The minimum absolute atomic E-state index is 0. The molecule has 6 aromatic rings. The molecule has 0 aliphatic rings. The Labute approximate surface area is 331 Å². The van der Waals surface area contributed by atoms with Crippen molar-refractivity contribution in [2.45, 2.75) is 88.8 Å². The van der Waals surface area contributed by atoms with Gasteiger partial charge < -0.3 is 9.51 Å². The van der Waals surface area contributed by atoms with Crippen LogP contribution in [0.25, 0.3) is 49.0 Å². The van der Waals surface area contributed by atoms with Crippen LogP contribution in [0.3, 0.4) is 0 Å². The van der Waals surface area contributed by atoms with E-state index in [9.17, 15) is 23.1 Å². The first kappa shape index (κ1) is 43.0. The fraction of sp³-hybridized carbons (Fsp3) is 0.435. The Balaban J connectivity index is 0.000000281. The second-order valence-electron chi connectivity index (χ2n) is 17.2. The number of carbonyl (C=O) groups excluding carboxylic acids is 1. The van der Waals surface area contributed by atoms with Gasteiger partial charge in [0.25, 0.3) is 0 Å². The smallest absolute Gasteiger partial charge is 0.417 e. The molecule has 3 heterocycles. The molecule has 0 spiro atoms. The summed E-state index contributed by atoms with van der Waals surface area (Å²) in [5.74, 6) is 1.63. The molecule has 0 fully saturated rings. The van der Waals surface area contributed by atoms with Gasteiger partial charge in [0.1, 0.15) is 0 Å². The van der Waals surface area contributed by atoms with Gasteiger partial charge in [-0.25, -0.2) is 0 Å². The average molecular weight is 916 g/mol. The predicted octanol–water partition coefficient (Wildman–Crippen LogP) is 13.2. The number of rotatable bonds is 8. The van der Waals surface area contributed by atoms with Crippen LogP contribution in [0.4, 0.5) is 13.2 Å². The summed E-state index contributed by atoms with van der Waals surface area (Å²) < 4.78 is 43.0. The second-order valence-corrected chi connectivity index (χ2v) is 17.2. The monoisotopic (exact) mass is 916 g/mol. The minimum atomic E-state index is -4.47. The van der Waals surface area contributed by atoms with Gasteiger partial charge in [0.15, 0.2) is 5.78 Å². The molecule has 3 aromatic heterocycles. The van der Waals surface area contributed by atoms with Crippen molar-refractivity contribution in [2.24, 2.45) is 40.9 Å². The zero-order valence-electron chi connectivity index (χ0n) is 33.3. The van der Waals surface area contributed by atoms with Crippen molar-refractivity contribution in [3.63, 3.8) is 0 Å². The third-order valence-corrected chi connectivity index (χ3v) is 10.2. The van der Waals surface area contributed by atoms with Gasteiger partial charge >= 0.3 is 6.18 Å². The Hall–Kier alpha value is -3.74. The van der Waals surface area contributed by atoms with Crippen LogP contribution in [0.15, 0.2) is 78.7 Å². The van der Waals surface area contributed by atoms with Crippen molar-refractivity contribution in [1.29, 1.82) is 0 Å². The Kier molecular flexibility index (Phi) is 13.2. The Morgan fingerprint density at radius 1 is 0.796 bits per heavy atom. The molecular formula is C46H54F3IrN2O2-. The number of pyridine rings is 2. The molecule has 291 valence electrons. The van der Waals surface area contributed by atoms with Gasteiger partial charge in [-0.3, -0.25) is 9.78 Å². The van der Waals surface area contributed by atoms with Crippen molar-refractivity contribution < 1.29 is 43.2 Å².